The molecule has 0 aliphatic carbocycles. The minimum Gasteiger partial charge on any atom is -0.354 e. The summed E-state index contributed by atoms with van der Waals surface area (Å²) in [7, 11) is 0.317. The van der Waals surface area contributed by atoms with Crippen molar-refractivity contribution in [2.75, 3.05) is 27.0 Å². The van der Waals surface area contributed by atoms with Crippen LogP contribution in [0.1, 0.15) is 0 Å². The van der Waals surface area contributed by atoms with Gasteiger partial charge in [-0.05, 0) is 0 Å². The van der Waals surface area contributed by atoms with Crippen molar-refractivity contribution in [3.63, 3.8) is 0 Å². The van der Waals surface area contributed by atoms with Crippen LogP contribution in [0, 0.1) is 0 Å². The van der Waals surface area contributed by atoms with Gasteiger partial charge in [0.05, 0.1) is 6.54 Å². The fourth-order valence-corrected chi connectivity index (χ4v) is 0.941. The number of nitrogens with one attached hydrogen (secondary N) is 1. The summed E-state index contributed by atoms with van der Waals surface area (Å²) in [5.74, 6) is 0. The van der Waals surface area contributed by atoms with Gasteiger partial charge >= 0.3 is 0 Å². The molecule has 0 radical (unpaired) electrons. The molecule has 5 nitrogen and oxygen atoms in total. The summed E-state index contributed by atoms with van der Waals surface area (Å²) in [6, 6.07) is 0. The van der Waals surface area contributed by atoms with Gasteiger partial charge in [-0.2, -0.15) is 0 Å². The largest absolute Gasteiger partial charge is 0.354 e. The Hall–Kier alpha value is 0.150. The van der Waals surface area contributed by atoms with Crippen molar-refractivity contribution in [2.45, 2.75) is 6.29 Å². The van der Waals surface area contributed by atoms with Gasteiger partial charge in [0, 0.05) is 20.5 Å². The van der Waals surface area contributed by atoms with Crippen molar-refractivity contribution in [1.29, 1.82) is 0 Å². The molecule has 70 valence electrons. The lowest BCUT2D eigenvalue weighted by atomic mass is 10.6. The van der Waals surface area contributed by atoms with Gasteiger partial charge in [0.1, 0.15) is 0 Å². The first-order valence-electron chi connectivity index (χ1n) is 3.03. The maximum absolute atomic E-state index is 8.87. The SMILES string of the molecule is COC(CNS(C)(O)O)OC. The van der Waals surface area contributed by atoms with Crippen LogP contribution in [0.4, 0.5) is 0 Å². The fraction of sp³-hybridized carbons (Fsp3) is 1.00. The quantitative estimate of drug-likeness (QED) is 0.544. The lowest BCUT2D eigenvalue weighted by Crippen LogP contribution is -2.31. The molecule has 0 aliphatic heterocycles. The van der Waals surface area contributed by atoms with Crippen molar-refractivity contribution in [2.24, 2.45) is 0 Å². The van der Waals surface area contributed by atoms with Crippen LogP contribution in [0.15, 0.2) is 0 Å². The van der Waals surface area contributed by atoms with Crippen LogP contribution in [-0.4, -0.2) is 42.4 Å². The molecule has 0 aromatic heterocycles. The standard InChI is InChI=1S/C5H15NO4S/c1-9-5(10-2)4-6-11(3,7)8/h5-8H,4H2,1-3H3. The molecule has 0 heterocycles. The van der Waals surface area contributed by atoms with Gasteiger partial charge in [-0.1, -0.05) is 0 Å². The molecule has 0 aromatic carbocycles. The van der Waals surface area contributed by atoms with E-state index in [0.29, 0.717) is 0 Å². The van der Waals surface area contributed by atoms with Crippen LogP contribution < -0.4 is 4.72 Å². The molecule has 0 saturated heterocycles. The zero-order chi connectivity index (χ0) is 8.91. The lowest BCUT2D eigenvalue weighted by molar-refractivity contribution is -0.0963. The van der Waals surface area contributed by atoms with Crippen LogP contribution in [0.5, 0.6) is 0 Å². The van der Waals surface area contributed by atoms with Crippen LogP contribution in [0.25, 0.3) is 0 Å². The van der Waals surface area contributed by atoms with Crippen molar-refractivity contribution >= 4 is 10.8 Å². The normalized spacial score (nSPS) is 14.0. The molecule has 11 heavy (non-hydrogen) atoms. The molecule has 0 atom stereocenters. The average molecular weight is 185 g/mol. The number of rotatable bonds is 5. The van der Waals surface area contributed by atoms with E-state index >= 15 is 0 Å². The second-order valence-electron chi connectivity index (χ2n) is 2.08. The van der Waals surface area contributed by atoms with Gasteiger partial charge in [-0.25, -0.2) is 4.72 Å². The smallest absolute Gasteiger partial charge is 0.170 e. The minimum atomic E-state index is -2.65. The van der Waals surface area contributed by atoms with E-state index in [9.17, 15) is 0 Å². The topological polar surface area (TPSA) is 71.0 Å². The van der Waals surface area contributed by atoms with Gasteiger partial charge in [0.25, 0.3) is 0 Å². The van der Waals surface area contributed by atoms with Crippen LogP contribution >= 0.6 is 10.8 Å². The molecule has 3 N–H and O–H groups in total. The Morgan fingerprint density at radius 2 is 1.82 bits per heavy atom. The molecule has 0 spiro atoms. The van der Waals surface area contributed by atoms with E-state index in [1.165, 1.54) is 20.5 Å². The monoisotopic (exact) mass is 185 g/mol. The van der Waals surface area contributed by atoms with E-state index in [0.717, 1.165) is 0 Å². The zero-order valence-corrected chi connectivity index (χ0v) is 7.72. The maximum Gasteiger partial charge on any atom is 0.170 e. The summed E-state index contributed by atoms with van der Waals surface area (Å²) < 4.78 is 29.8. The predicted molar refractivity (Wildman–Crippen MR) is 44.6 cm³/mol. The molecular weight excluding hydrogens is 170 g/mol. The summed E-state index contributed by atoms with van der Waals surface area (Å²) in [6.07, 6.45) is 0.858. The molecule has 0 rings (SSSR count). The Labute approximate surface area is 68.2 Å². The van der Waals surface area contributed by atoms with Crippen LogP contribution in [0.2, 0.25) is 0 Å². The molecule has 0 aliphatic rings. The number of ether oxygens (including phenoxy) is 2. The van der Waals surface area contributed by atoms with Crippen molar-refractivity contribution < 1.29 is 18.6 Å². The maximum atomic E-state index is 8.87. The third-order valence-corrected chi connectivity index (χ3v) is 1.76. The number of hydrogen-bond donors (Lipinski definition) is 3. The molecule has 0 amide bonds. The lowest BCUT2D eigenvalue weighted by Gasteiger charge is -2.29. The summed E-state index contributed by atoms with van der Waals surface area (Å²) in [5, 5.41) is 0. The summed E-state index contributed by atoms with van der Waals surface area (Å²) >= 11 is 0. The van der Waals surface area contributed by atoms with Gasteiger partial charge in [0.2, 0.25) is 0 Å². The van der Waals surface area contributed by atoms with Crippen LogP contribution in [-0.2, 0) is 9.47 Å². The van der Waals surface area contributed by atoms with E-state index in [1.807, 2.05) is 0 Å². The molecule has 0 unspecified atom stereocenters. The van der Waals surface area contributed by atoms with Crippen molar-refractivity contribution in [3.8, 4) is 0 Å². The van der Waals surface area contributed by atoms with Gasteiger partial charge < -0.3 is 9.47 Å². The van der Waals surface area contributed by atoms with Crippen molar-refractivity contribution in [1.82, 2.24) is 4.72 Å². The highest BCUT2D eigenvalue weighted by Crippen LogP contribution is 2.26. The molecule has 0 bridgehead atoms. The highest BCUT2D eigenvalue weighted by atomic mass is 32.3. The second kappa shape index (κ2) is 4.91. The second-order valence-corrected chi connectivity index (χ2v) is 4.04. The fourth-order valence-electron chi connectivity index (χ4n) is 0.489. The number of methoxy groups -OCH3 is 2. The number of hydrogen-bond acceptors (Lipinski definition) is 5. The molecule has 0 saturated carbocycles. The Balaban J connectivity index is 3.51. The molecular formula is C5H15NO4S. The Morgan fingerprint density at radius 3 is 2.09 bits per heavy atom. The van der Waals surface area contributed by atoms with E-state index < -0.39 is 17.1 Å². The van der Waals surface area contributed by atoms with Crippen molar-refractivity contribution in [3.05, 3.63) is 0 Å². The predicted octanol–water partition coefficient (Wildman–Crippen LogP) is 0.490. The molecule has 0 aromatic rings. The zero-order valence-electron chi connectivity index (χ0n) is 6.90. The van der Waals surface area contributed by atoms with Gasteiger partial charge in [0.15, 0.2) is 6.29 Å². The Kier molecular flexibility index (Phi) is 4.98. The first-order valence-corrected chi connectivity index (χ1v) is 4.98. The molecule has 6 heteroatoms. The summed E-state index contributed by atoms with van der Waals surface area (Å²) in [4.78, 5) is 0. The summed E-state index contributed by atoms with van der Waals surface area (Å²) in [5.41, 5.74) is 0. The van der Waals surface area contributed by atoms with Gasteiger partial charge in [-0.3, -0.25) is 9.11 Å². The van der Waals surface area contributed by atoms with E-state index in [-0.39, 0.29) is 6.54 Å². The Morgan fingerprint density at radius 1 is 1.36 bits per heavy atom. The van der Waals surface area contributed by atoms with Gasteiger partial charge in [-0.15, -0.1) is 10.8 Å². The van der Waals surface area contributed by atoms with E-state index in [1.54, 1.807) is 0 Å². The molecule has 0 fully saturated rings. The third-order valence-electron chi connectivity index (χ3n) is 1.05. The average Bonchev–Trinajstić information content (AvgIpc) is 1.88. The first kappa shape index (κ1) is 11.2. The van der Waals surface area contributed by atoms with Crippen LogP contribution in [0.3, 0.4) is 0 Å². The van der Waals surface area contributed by atoms with E-state index in [4.69, 9.17) is 18.6 Å². The highest BCUT2D eigenvalue weighted by molar-refractivity contribution is 8.22. The Bertz CT molecular complexity index is 101. The first-order chi connectivity index (χ1) is 4.99. The minimum absolute atomic E-state index is 0.256. The van der Waals surface area contributed by atoms with E-state index in [2.05, 4.69) is 4.72 Å². The summed E-state index contributed by atoms with van der Waals surface area (Å²) in [6.45, 7) is 0.256. The highest BCUT2D eigenvalue weighted by Gasteiger charge is 2.08. The third kappa shape index (κ3) is 6.54.